The molecule has 1 unspecified atom stereocenters. The summed E-state index contributed by atoms with van der Waals surface area (Å²) in [6, 6.07) is 12.8. The molecule has 0 radical (unpaired) electrons. The number of halogens is 1. The lowest BCUT2D eigenvalue weighted by Gasteiger charge is -2.28. The first kappa shape index (κ1) is 24.3. The zero-order valence-corrected chi connectivity index (χ0v) is 21.0. The van der Waals surface area contributed by atoms with Gasteiger partial charge in [0.2, 0.25) is 15.9 Å². The topological polar surface area (TPSA) is 92.7 Å². The highest BCUT2D eigenvalue weighted by Crippen LogP contribution is 2.35. The summed E-state index contributed by atoms with van der Waals surface area (Å²) in [7, 11) is -2.42. The predicted octanol–water partition coefficient (Wildman–Crippen LogP) is 4.23. The quantitative estimate of drug-likeness (QED) is 0.358. The fraction of sp³-hybridized carbons (Fsp3) is 0.240. The molecule has 1 amide bonds. The number of hydrogen-bond acceptors (Lipinski definition) is 7. The van der Waals surface area contributed by atoms with Crippen LogP contribution in [0.2, 0.25) is 0 Å². The van der Waals surface area contributed by atoms with Crippen molar-refractivity contribution in [2.45, 2.75) is 30.3 Å². The van der Waals surface area contributed by atoms with E-state index in [1.807, 2.05) is 18.2 Å². The molecule has 36 heavy (non-hydrogen) atoms. The van der Waals surface area contributed by atoms with Crippen LogP contribution in [-0.4, -0.2) is 48.3 Å². The van der Waals surface area contributed by atoms with Crippen LogP contribution in [0.4, 0.5) is 9.52 Å². The first-order valence-electron chi connectivity index (χ1n) is 11.3. The zero-order valence-electron chi connectivity index (χ0n) is 19.4. The van der Waals surface area contributed by atoms with Crippen LogP contribution >= 0.6 is 11.3 Å². The van der Waals surface area contributed by atoms with Gasteiger partial charge in [-0.15, -0.1) is 0 Å². The fourth-order valence-electron chi connectivity index (χ4n) is 4.25. The third-order valence-corrected chi connectivity index (χ3v) is 9.02. The minimum Gasteiger partial charge on any atom is -0.497 e. The van der Waals surface area contributed by atoms with Crippen molar-refractivity contribution in [1.29, 1.82) is 0 Å². The molecule has 0 bridgehead atoms. The number of benzene rings is 2. The predicted molar refractivity (Wildman–Crippen MR) is 135 cm³/mol. The summed E-state index contributed by atoms with van der Waals surface area (Å²) in [6.45, 7) is 0.387. The van der Waals surface area contributed by atoms with E-state index < -0.39 is 21.9 Å². The number of carbonyl (C=O) groups is 1. The lowest BCUT2D eigenvalue weighted by molar-refractivity contribution is -0.121. The number of amides is 1. The van der Waals surface area contributed by atoms with E-state index in [1.54, 1.807) is 31.6 Å². The number of hydrogen-bond donors (Lipinski definition) is 0. The van der Waals surface area contributed by atoms with Gasteiger partial charge in [-0.3, -0.25) is 14.7 Å². The molecule has 2 aromatic carbocycles. The van der Waals surface area contributed by atoms with E-state index in [-0.39, 0.29) is 23.9 Å². The van der Waals surface area contributed by atoms with E-state index >= 15 is 0 Å². The van der Waals surface area contributed by atoms with Crippen molar-refractivity contribution in [3.05, 3.63) is 78.4 Å². The van der Waals surface area contributed by atoms with Gasteiger partial charge in [-0.05, 0) is 66.9 Å². The second-order valence-corrected chi connectivity index (χ2v) is 11.2. The number of fused-ring (bicyclic) bond motifs is 1. The molecule has 5 rings (SSSR count). The van der Waals surface area contributed by atoms with Gasteiger partial charge >= 0.3 is 0 Å². The monoisotopic (exact) mass is 526 g/mol. The van der Waals surface area contributed by atoms with Crippen molar-refractivity contribution in [1.82, 2.24) is 14.3 Å². The molecule has 1 aliphatic heterocycles. The summed E-state index contributed by atoms with van der Waals surface area (Å²) in [5.74, 6) is -0.221. The van der Waals surface area contributed by atoms with Crippen molar-refractivity contribution >= 4 is 42.6 Å². The van der Waals surface area contributed by atoms with E-state index in [2.05, 4.69) is 9.97 Å². The number of nitrogens with zero attached hydrogens (tertiary/aromatic N) is 4. The Morgan fingerprint density at radius 1 is 1.22 bits per heavy atom. The summed E-state index contributed by atoms with van der Waals surface area (Å²) in [6.07, 6.45) is 4.22. The van der Waals surface area contributed by atoms with E-state index in [1.165, 1.54) is 32.7 Å². The fourth-order valence-corrected chi connectivity index (χ4v) is 6.90. The Kier molecular flexibility index (Phi) is 6.69. The van der Waals surface area contributed by atoms with Gasteiger partial charge in [-0.1, -0.05) is 17.4 Å². The van der Waals surface area contributed by atoms with Gasteiger partial charge in [0.05, 0.1) is 28.8 Å². The molecule has 0 N–H and O–H groups in total. The first-order valence-corrected chi connectivity index (χ1v) is 13.5. The Hall–Kier alpha value is -3.41. The summed E-state index contributed by atoms with van der Waals surface area (Å²) in [4.78, 5) is 24.3. The molecule has 1 saturated heterocycles. The number of anilines is 1. The molecule has 8 nitrogen and oxygen atoms in total. The standard InChI is InChI=1S/C25H23FN4O4S2/c1-34-19-8-11-21-23(14-19)35-25(28-21)29(16-17-4-2-12-27-15-17)24(31)22-5-3-13-30(22)36(32,33)20-9-6-18(26)7-10-20/h2,4,6-12,14-15,22H,3,5,13,16H2,1H3. The van der Waals surface area contributed by atoms with Crippen molar-refractivity contribution in [2.24, 2.45) is 0 Å². The highest BCUT2D eigenvalue weighted by atomic mass is 32.2. The Morgan fingerprint density at radius 3 is 2.75 bits per heavy atom. The molecule has 2 aromatic heterocycles. The number of ether oxygens (including phenoxy) is 1. The van der Waals surface area contributed by atoms with Crippen LogP contribution in [0, 0.1) is 5.82 Å². The van der Waals surface area contributed by atoms with E-state index in [9.17, 15) is 17.6 Å². The summed E-state index contributed by atoms with van der Waals surface area (Å²) >= 11 is 1.33. The molecule has 0 saturated carbocycles. The molecule has 1 atom stereocenters. The van der Waals surface area contributed by atoms with Gasteiger partial charge in [0.15, 0.2) is 5.13 Å². The Balaban J connectivity index is 1.52. The number of carbonyl (C=O) groups excluding carboxylic acids is 1. The molecule has 3 heterocycles. The van der Waals surface area contributed by atoms with E-state index in [0.29, 0.717) is 29.2 Å². The largest absolute Gasteiger partial charge is 0.497 e. The van der Waals surface area contributed by atoms with Gasteiger partial charge in [-0.2, -0.15) is 4.31 Å². The van der Waals surface area contributed by atoms with Crippen LogP contribution < -0.4 is 9.64 Å². The average Bonchev–Trinajstić information content (AvgIpc) is 3.55. The summed E-state index contributed by atoms with van der Waals surface area (Å²) in [5.41, 5.74) is 1.50. The zero-order chi connectivity index (χ0) is 25.3. The lowest BCUT2D eigenvalue weighted by Crippen LogP contribution is -2.47. The maximum atomic E-state index is 14.0. The van der Waals surface area contributed by atoms with Crippen molar-refractivity contribution in [2.75, 3.05) is 18.6 Å². The third kappa shape index (κ3) is 4.69. The highest BCUT2D eigenvalue weighted by Gasteiger charge is 2.42. The van der Waals surface area contributed by atoms with Crippen LogP contribution in [-0.2, 0) is 21.4 Å². The maximum Gasteiger partial charge on any atom is 0.247 e. The number of sulfonamides is 1. The molecule has 186 valence electrons. The number of rotatable bonds is 7. The number of pyridine rings is 1. The van der Waals surface area contributed by atoms with Crippen LogP contribution in [0.5, 0.6) is 5.75 Å². The van der Waals surface area contributed by atoms with Crippen LogP contribution in [0.1, 0.15) is 18.4 Å². The molecule has 0 aliphatic carbocycles. The van der Waals surface area contributed by atoms with Crippen molar-refractivity contribution in [3.63, 3.8) is 0 Å². The second kappa shape index (κ2) is 9.92. The van der Waals surface area contributed by atoms with Crippen LogP contribution in [0.3, 0.4) is 0 Å². The van der Waals surface area contributed by atoms with Gasteiger partial charge in [0.25, 0.3) is 0 Å². The second-order valence-electron chi connectivity index (χ2n) is 8.34. The van der Waals surface area contributed by atoms with Crippen molar-refractivity contribution in [3.8, 4) is 5.75 Å². The lowest BCUT2D eigenvalue weighted by atomic mass is 10.2. The molecule has 4 aromatic rings. The van der Waals surface area contributed by atoms with E-state index in [0.717, 1.165) is 22.4 Å². The smallest absolute Gasteiger partial charge is 0.247 e. The highest BCUT2D eigenvalue weighted by molar-refractivity contribution is 7.89. The van der Waals surface area contributed by atoms with Crippen LogP contribution in [0.15, 0.2) is 71.9 Å². The van der Waals surface area contributed by atoms with Gasteiger partial charge < -0.3 is 4.74 Å². The average molecular weight is 527 g/mol. The van der Waals surface area contributed by atoms with Gasteiger partial charge in [0.1, 0.15) is 17.6 Å². The van der Waals surface area contributed by atoms with E-state index in [4.69, 9.17) is 4.74 Å². The number of aromatic nitrogens is 2. The Morgan fingerprint density at radius 2 is 2.03 bits per heavy atom. The first-order chi connectivity index (χ1) is 17.4. The Bertz CT molecular complexity index is 1490. The van der Waals surface area contributed by atoms with Gasteiger partial charge in [-0.25, -0.2) is 17.8 Å². The Labute approximate surface area is 212 Å². The minimum atomic E-state index is -4.00. The normalized spacial score (nSPS) is 16.3. The SMILES string of the molecule is COc1ccc2nc(N(Cc3cccnc3)C(=O)C3CCCN3S(=O)(=O)c3ccc(F)cc3)sc2c1. The number of thiazole rings is 1. The third-order valence-electron chi connectivity index (χ3n) is 6.05. The number of methoxy groups -OCH3 is 1. The van der Waals surface area contributed by atoms with Crippen LogP contribution in [0.25, 0.3) is 10.2 Å². The molecule has 1 aliphatic rings. The van der Waals surface area contributed by atoms with Crippen molar-refractivity contribution < 1.29 is 22.3 Å². The molecular weight excluding hydrogens is 503 g/mol. The van der Waals surface area contributed by atoms with Gasteiger partial charge in [0, 0.05) is 18.9 Å². The maximum absolute atomic E-state index is 14.0. The molecule has 0 spiro atoms. The molecular formula is C25H23FN4O4S2. The molecule has 11 heteroatoms. The summed E-state index contributed by atoms with van der Waals surface area (Å²) < 4.78 is 47.5. The minimum absolute atomic E-state index is 0.0468. The molecule has 1 fully saturated rings. The summed E-state index contributed by atoms with van der Waals surface area (Å²) in [5, 5.41) is 0.457.